The van der Waals surface area contributed by atoms with Crippen molar-refractivity contribution in [3.63, 3.8) is 0 Å². The van der Waals surface area contributed by atoms with E-state index >= 15 is 0 Å². The van der Waals surface area contributed by atoms with E-state index in [1.807, 2.05) is 49.3 Å². The summed E-state index contributed by atoms with van der Waals surface area (Å²) in [5.74, 6) is 0.621. The van der Waals surface area contributed by atoms with Crippen LogP contribution in [-0.4, -0.2) is 43.0 Å². The van der Waals surface area contributed by atoms with Gasteiger partial charge in [-0.2, -0.15) is 0 Å². The highest BCUT2D eigenvalue weighted by molar-refractivity contribution is 5.94. The van der Waals surface area contributed by atoms with Gasteiger partial charge in [0.05, 0.1) is 0 Å². The Balaban J connectivity index is 1.90. The molecule has 0 atom stereocenters. The number of aromatic nitrogens is 1. The Hall–Kier alpha value is -2.40. The van der Waals surface area contributed by atoms with E-state index in [9.17, 15) is 4.79 Å². The Labute approximate surface area is 131 Å². The summed E-state index contributed by atoms with van der Waals surface area (Å²) >= 11 is 0. The molecule has 0 fully saturated rings. The molecule has 116 valence electrons. The van der Waals surface area contributed by atoms with Crippen LogP contribution in [0.1, 0.15) is 15.9 Å². The molecule has 0 radical (unpaired) electrons. The fourth-order valence-corrected chi connectivity index (χ4v) is 1.95. The number of carbonyl (C=O) groups excluding carboxylic acids is 1. The highest BCUT2D eigenvalue weighted by Gasteiger charge is 2.06. The fraction of sp³-hybridized carbons (Fsp3) is 0.294. The highest BCUT2D eigenvalue weighted by Crippen LogP contribution is 2.09. The van der Waals surface area contributed by atoms with Gasteiger partial charge in [-0.3, -0.25) is 4.79 Å². The molecule has 2 N–H and O–H groups in total. The number of nitrogens with one attached hydrogen (secondary N) is 2. The van der Waals surface area contributed by atoms with Crippen LogP contribution in [0.3, 0.4) is 0 Å². The molecule has 2 rings (SSSR count). The number of rotatable bonds is 7. The Morgan fingerprint density at radius 1 is 1.18 bits per heavy atom. The zero-order valence-electron chi connectivity index (χ0n) is 13.0. The van der Waals surface area contributed by atoms with Crippen LogP contribution in [0.25, 0.3) is 0 Å². The standard InChI is InChI=1S/C17H22N4O/c1-21(2)11-10-19-17(22)15-8-9-18-16(12-15)20-13-14-6-4-3-5-7-14/h3-9,12H,10-11,13H2,1-2H3,(H,18,20)(H,19,22). The molecule has 22 heavy (non-hydrogen) atoms. The third-order valence-electron chi connectivity index (χ3n) is 3.18. The van der Waals surface area contributed by atoms with Crippen molar-refractivity contribution in [1.29, 1.82) is 0 Å². The lowest BCUT2D eigenvalue weighted by Gasteiger charge is -2.11. The van der Waals surface area contributed by atoms with Gasteiger partial charge in [-0.1, -0.05) is 30.3 Å². The maximum absolute atomic E-state index is 12.1. The number of pyridine rings is 1. The van der Waals surface area contributed by atoms with Gasteiger partial charge in [0.25, 0.3) is 5.91 Å². The minimum absolute atomic E-state index is 0.0768. The second-order valence-corrected chi connectivity index (χ2v) is 5.33. The third-order valence-corrected chi connectivity index (χ3v) is 3.18. The molecular formula is C17H22N4O. The zero-order valence-corrected chi connectivity index (χ0v) is 13.0. The molecule has 0 aliphatic heterocycles. The highest BCUT2D eigenvalue weighted by atomic mass is 16.1. The van der Waals surface area contributed by atoms with Crippen LogP contribution in [-0.2, 0) is 6.54 Å². The van der Waals surface area contributed by atoms with E-state index in [1.54, 1.807) is 18.3 Å². The molecule has 1 aromatic carbocycles. The predicted molar refractivity (Wildman–Crippen MR) is 88.9 cm³/mol. The minimum Gasteiger partial charge on any atom is -0.366 e. The summed E-state index contributed by atoms with van der Waals surface area (Å²) in [6.07, 6.45) is 1.65. The summed E-state index contributed by atoms with van der Waals surface area (Å²) in [7, 11) is 3.95. The molecule has 0 aliphatic carbocycles. The first-order chi connectivity index (χ1) is 10.6. The average molecular weight is 298 g/mol. The first-order valence-electron chi connectivity index (χ1n) is 7.32. The van der Waals surface area contributed by atoms with Gasteiger partial charge in [-0.15, -0.1) is 0 Å². The Bertz CT molecular complexity index is 599. The molecule has 1 heterocycles. The van der Waals surface area contributed by atoms with Crippen LogP contribution in [0.4, 0.5) is 5.82 Å². The van der Waals surface area contributed by atoms with Crippen LogP contribution >= 0.6 is 0 Å². The van der Waals surface area contributed by atoms with Gasteiger partial charge in [0, 0.05) is 31.4 Å². The third kappa shape index (κ3) is 5.18. The van der Waals surface area contributed by atoms with E-state index in [-0.39, 0.29) is 5.91 Å². The molecule has 0 spiro atoms. The monoisotopic (exact) mass is 298 g/mol. The van der Waals surface area contributed by atoms with E-state index in [4.69, 9.17) is 0 Å². The second-order valence-electron chi connectivity index (χ2n) is 5.33. The summed E-state index contributed by atoms with van der Waals surface area (Å²) in [6.45, 7) is 2.12. The van der Waals surface area contributed by atoms with Crippen molar-refractivity contribution in [2.24, 2.45) is 0 Å². The van der Waals surface area contributed by atoms with Crippen molar-refractivity contribution in [2.75, 3.05) is 32.5 Å². The molecule has 0 saturated carbocycles. The minimum atomic E-state index is -0.0768. The Morgan fingerprint density at radius 2 is 1.95 bits per heavy atom. The van der Waals surface area contributed by atoms with Crippen molar-refractivity contribution in [2.45, 2.75) is 6.54 Å². The summed E-state index contributed by atoms with van der Waals surface area (Å²) in [6, 6.07) is 13.6. The molecule has 1 aromatic heterocycles. The lowest BCUT2D eigenvalue weighted by Crippen LogP contribution is -2.31. The van der Waals surface area contributed by atoms with Gasteiger partial charge in [-0.05, 0) is 31.8 Å². The maximum atomic E-state index is 12.1. The van der Waals surface area contributed by atoms with Crippen molar-refractivity contribution in [3.05, 3.63) is 59.8 Å². The molecule has 0 aliphatic rings. The Morgan fingerprint density at radius 3 is 2.68 bits per heavy atom. The molecule has 0 saturated heterocycles. The first kappa shape index (κ1) is 16.0. The van der Waals surface area contributed by atoms with E-state index in [2.05, 4.69) is 15.6 Å². The molecule has 1 amide bonds. The summed E-state index contributed by atoms with van der Waals surface area (Å²) in [4.78, 5) is 18.3. The van der Waals surface area contributed by atoms with E-state index in [0.717, 1.165) is 6.54 Å². The lowest BCUT2D eigenvalue weighted by molar-refractivity contribution is 0.0951. The van der Waals surface area contributed by atoms with Gasteiger partial charge in [0.1, 0.15) is 5.82 Å². The first-order valence-corrected chi connectivity index (χ1v) is 7.32. The van der Waals surface area contributed by atoms with Gasteiger partial charge in [0.15, 0.2) is 0 Å². The largest absolute Gasteiger partial charge is 0.366 e. The molecular weight excluding hydrogens is 276 g/mol. The fourth-order valence-electron chi connectivity index (χ4n) is 1.95. The van der Waals surface area contributed by atoms with Gasteiger partial charge >= 0.3 is 0 Å². The number of hydrogen-bond acceptors (Lipinski definition) is 4. The van der Waals surface area contributed by atoms with E-state index in [1.165, 1.54) is 5.56 Å². The van der Waals surface area contributed by atoms with E-state index < -0.39 is 0 Å². The van der Waals surface area contributed by atoms with E-state index in [0.29, 0.717) is 24.5 Å². The number of nitrogens with zero attached hydrogens (tertiary/aromatic N) is 2. The van der Waals surface area contributed by atoms with Crippen LogP contribution in [0.2, 0.25) is 0 Å². The van der Waals surface area contributed by atoms with Crippen LogP contribution < -0.4 is 10.6 Å². The molecule has 2 aromatic rings. The quantitative estimate of drug-likeness (QED) is 0.821. The summed E-state index contributed by atoms with van der Waals surface area (Å²) < 4.78 is 0. The second kappa shape index (κ2) is 8.14. The van der Waals surface area contributed by atoms with Crippen molar-refractivity contribution in [3.8, 4) is 0 Å². The van der Waals surface area contributed by atoms with Crippen molar-refractivity contribution < 1.29 is 4.79 Å². The SMILES string of the molecule is CN(C)CCNC(=O)c1ccnc(NCc2ccccc2)c1. The van der Waals surface area contributed by atoms with Crippen molar-refractivity contribution >= 4 is 11.7 Å². The number of carbonyl (C=O) groups is 1. The number of amides is 1. The van der Waals surface area contributed by atoms with Crippen molar-refractivity contribution in [1.82, 2.24) is 15.2 Å². The molecule has 5 heteroatoms. The van der Waals surface area contributed by atoms with Gasteiger partial charge < -0.3 is 15.5 Å². The van der Waals surface area contributed by atoms with Crippen LogP contribution in [0, 0.1) is 0 Å². The topological polar surface area (TPSA) is 57.3 Å². The maximum Gasteiger partial charge on any atom is 0.251 e. The number of benzene rings is 1. The van der Waals surface area contributed by atoms with Gasteiger partial charge in [-0.25, -0.2) is 4.98 Å². The normalized spacial score (nSPS) is 10.5. The molecule has 0 bridgehead atoms. The van der Waals surface area contributed by atoms with Crippen LogP contribution in [0.5, 0.6) is 0 Å². The number of hydrogen-bond donors (Lipinski definition) is 2. The predicted octanol–water partition coefficient (Wildman–Crippen LogP) is 1.99. The lowest BCUT2D eigenvalue weighted by atomic mass is 10.2. The zero-order chi connectivity index (χ0) is 15.8. The molecule has 0 unspecified atom stereocenters. The van der Waals surface area contributed by atoms with Crippen LogP contribution in [0.15, 0.2) is 48.7 Å². The van der Waals surface area contributed by atoms with Gasteiger partial charge in [0.2, 0.25) is 0 Å². The Kier molecular flexibility index (Phi) is 5.91. The number of likely N-dealkylation sites (N-methyl/N-ethyl adjacent to an activating group) is 1. The summed E-state index contributed by atoms with van der Waals surface area (Å²) in [5.41, 5.74) is 1.79. The summed E-state index contributed by atoms with van der Waals surface area (Å²) in [5, 5.41) is 6.13. The molecule has 5 nitrogen and oxygen atoms in total. The number of anilines is 1. The smallest absolute Gasteiger partial charge is 0.251 e. The average Bonchev–Trinajstić information content (AvgIpc) is 2.54.